The molecule has 1 spiro atoms. The molecule has 3 aliphatic carbocycles. The molecule has 3 aromatic rings. The number of nitrogens with one attached hydrogen (secondary N) is 4. The lowest BCUT2D eigenvalue weighted by Crippen LogP contribution is -2.76. The zero-order chi connectivity index (χ0) is 39.9. The number of nitrogens with zero attached hydrogens (tertiary/aromatic N) is 2. The lowest BCUT2D eigenvalue weighted by molar-refractivity contribution is -0.166. The van der Waals surface area contributed by atoms with Crippen LogP contribution < -0.4 is 31.8 Å². The zero-order valence-electron chi connectivity index (χ0n) is 31.6. The third-order valence-corrected chi connectivity index (χ3v) is 12.4. The lowest BCUT2D eigenvalue weighted by atomic mass is 9.49. The van der Waals surface area contributed by atoms with Crippen molar-refractivity contribution in [1.82, 2.24) is 26.3 Å². The second-order valence-corrected chi connectivity index (χ2v) is 16.1. The van der Waals surface area contributed by atoms with E-state index in [2.05, 4.69) is 31.4 Å². The van der Waals surface area contributed by atoms with Gasteiger partial charge in [0.25, 0.3) is 5.91 Å². The van der Waals surface area contributed by atoms with Crippen LogP contribution in [0.25, 0.3) is 0 Å². The fourth-order valence-corrected chi connectivity index (χ4v) is 9.42. The first-order valence-corrected chi connectivity index (χ1v) is 19.7. The number of nitrogens with two attached hydrogens (primary N) is 1. The molecule has 2 bridgehead atoms. The van der Waals surface area contributed by atoms with E-state index >= 15 is 0 Å². The van der Waals surface area contributed by atoms with Gasteiger partial charge in [-0.15, -0.1) is 0 Å². The normalized spacial score (nSPS) is 26.0. The summed E-state index contributed by atoms with van der Waals surface area (Å²) in [7, 11) is 0. The number of ether oxygens (including phenoxy) is 1. The summed E-state index contributed by atoms with van der Waals surface area (Å²) in [5.74, 6) is -1.26. The van der Waals surface area contributed by atoms with Crippen LogP contribution in [-0.4, -0.2) is 106 Å². The molecule has 5 aliphatic rings. The Morgan fingerprint density at radius 2 is 1.63 bits per heavy atom. The van der Waals surface area contributed by atoms with Crippen molar-refractivity contribution in [2.45, 2.75) is 86.6 Å². The smallest absolute Gasteiger partial charge is 0.262 e. The van der Waals surface area contributed by atoms with E-state index in [-0.39, 0.29) is 30.4 Å². The highest BCUT2D eigenvalue weighted by molar-refractivity contribution is 5.96. The largest absolute Gasteiger partial charge is 0.508 e. The third-order valence-electron chi connectivity index (χ3n) is 12.4. The molecule has 4 amide bonds. The number of carbonyl (C=O) groups excluding carboxylic acids is 4. The Morgan fingerprint density at radius 1 is 0.895 bits per heavy atom. The maximum Gasteiger partial charge on any atom is 0.262 e. The molecule has 2 heterocycles. The van der Waals surface area contributed by atoms with Crippen LogP contribution >= 0.6 is 0 Å². The predicted molar refractivity (Wildman–Crippen MR) is 208 cm³/mol. The Balaban J connectivity index is 0.921. The average molecular weight is 780 g/mol. The molecule has 15 nitrogen and oxygen atoms in total. The van der Waals surface area contributed by atoms with E-state index in [1.807, 2.05) is 36.4 Å². The number of piperidine rings is 1. The van der Waals surface area contributed by atoms with Crippen LogP contribution in [0.5, 0.6) is 17.2 Å². The lowest BCUT2D eigenvalue weighted by Gasteiger charge is -2.63. The quantitative estimate of drug-likeness (QED) is 0.107. The minimum Gasteiger partial charge on any atom is -0.508 e. The molecule has 300 valence electrons. The van der Waals surface area contributed by atoms with E-state index in [1.165, 1.54) is 25.0 Å². The van der Waals surface area contributed by atoms with Gasteiger partial charge in [-0.3, -0.25) is 24.1 Å². The highest BCUT2D eigenvalue weighted by Crippen LogP contribution is 2.65. The number of hydrazone groups is 1. The van der Waals surface area contributed by atoms with Gasteiger partial charge in [0.1, 0.15) is 11.8 Å². The maximum atomic E-state index is 13.8. The Bertz CT molecular complexity index is 2080. The molecular weight excluding hydrogens is 731 g/mol. The molecule has 3 fully saturated rings. The van der Waals surface area contributed by atoms with Crippen LogP contribution in [0.4, 0.5) is 0 Å². The third kappa shape index (κ3) is 7.42. The standard InChI is InChI=1S/C42H49N7O8/c43-29(18-25-8-11-28(50)12-9-25)39(54)45-21-34(52)44-22-35(53)46-31(19-24-4-2-1-3-5-24)40(55)48-47-30-14-15-42(56)33-20-27-10-13-32(51)37-36(27)41(42,38(30)57-37)16-17-49(33)23-26-6-7-26/h1-5,8-13,26,29,31,33,38,50-51,56H,6-7,14-23,43H2,(H,44,52)(H,45,54)(H,46,53)(H,48,55)/b47-30+/t29-,31-,33+,38-,41-,42+/m0/s1. The number of carbonyl (C=O) groups is 4. The summed E-state index contributed by atoms with van der Waals surface area (Å²) < 4.78 is 6.54. The van der Waals surface area contributed by atoms with Gasteiger partial charge in [-0.05, 0) is 92.3 Å². The van der Waals surface area contributed by atoms with Crippen molar-refractivity contribution in [2.24, 2.45) is 16.8 Å². The van der Waals surface area contributed by atoms with Crippen LogP contribution in [0.1, 0.15) is 54.4 Å². The molecule has 15 heteroatoms. The van der Waals surface area contributed by atoms with Gasteiger partial charge in [0.2, 0.25) is 17.7 Å². The van der Waals surface area contributed by atoms with E-state index in [1.54, 1.807) is 18.2 Å². The summed E-state index contributed by atoms with van der Waals surface area (Å²) in [4.78, 5) is 54.4. The first kappa shape index (κ1) is 38.4. The van der Waals surface area contributed by atoms with Crippen molar-refractivity contribution in [1.29, 1.82) is 0 Å². The highest BCUT2D eigenvalue weighted by atomic mass is 16.5. The maximum absolute atomic E-state index is 13.8. The number of rotatable bonds is 14. The predicted octanol–water partition coefficient (Wildman–Crippen LogP) is 0.664. The van der Waals surface area contributed by atoms with Crippen molar-refractivity contribution in [3.05, 3.63) is 89.0 Å². The fraction of sp³-hybridized carbons (Fsp3) is 0.452. The monoisotopic (exact) mass is 779 g/mol. The molecule has 0 aromatic heterocycles. The van der Waals surface area contributed by atoms with Crippen LogP contribution in [0.15, 0.2) is 71.8 Å². The van der Waals surface area contributed by atoms with Crippen LogP contribution in [0.3, 0.4) is 0 Å². The summed E-state index contributed by atoms with van der Waals surface area (Å²) in [5.41, 5.74) is 10.7. The van der Waals surface area contributed by atoms with Gasteiger partial charge in [-0.2, -0.15) is 5.10 Å². The van der Waals surface area contributed by atoms with Gasteiger partial charge in [0, 0.05) is 24.6 Å². The molecule has 2 aliphatic heterocycles. The Morgan fingerprint density at radius 3 is 2.39 bits per heavy atom. The molecule has 2 saturated carbocycles. The van der Waals surface area contributed by atoms with Crippen LogP contribution in [0, 0.1) is 5.92 Å². The SMILES string of the molecule is N[C@@H](Cc1ccc(O)cc1)C(=O)NCC(=O)NCC(=O)N[C@@H](Cc1ccccc1)C(=O)N/N=C1\CC[C@@]2(O)[C@H]3Cc4ccc(O)c5c4[C@@]2(CCN3CC2CC2)[C@H]1O5. The molecule has 6 atom stereocenters. The van der Waals surface area contributed by atoms with Gasteiger partial charge in [0.15, 0.2) is 17.6 Å². The fourth-order valence-electron chi connectivity index (χ4n) is 9.42. The highest BCUT2D eigenvalue weighted by Gasteiger charge is 2.72. The first-order chi connectivity index (χ1) is 27.4. The van der Waals surface area contributed by atoms with Gasteiger partial charge in [-0.1, -0.05) is 48.5 Å². The first-order valence-electron chi connectivity index (χ1n) is 19.7. The number of hydrogen-bond acceptors (Lipinski definition) is 11. The van der Waals surface area contributed by atoms with Gasteiger partial charge >= 0.3 is 0 Å². The topological polar surface area (TPSA) is 228 Å². The summed E-state index contributed by atoms with van der Waals surface area (Å²) >= 11 is 0. The minimum absolute atomic E-state index is 0.0106. The van der Waals surface area contributed by atoms with Crippen LogP contribution in [-0.2, 0) is 43.9 Å². The summed E-state index contributed by atoms with van der Waals surface area (Å²) in [6.07, 6.45) is 4.11. The molecule has 0 radical (unpaired) electrons. The number of benzene rings is 3. The molecule has 3 aromatic carbocycles. The van der Waals surface area contributed by atoms with Gasteiger partial charge < -0.3 is 41.7 Å². The number of amides is 4. The number of hydrogen-bond donors (Lipinski definition) is 8. The van der Waals surface area contributed by atoms with E-state index in [9.17, 15) is 34.5 Å². The van der Waals surface area contributed by atoms with E-state index < -0.39 is 65.9 Å². The number of phenols is 2. The number of likely N-dealkylation sites (tertiary alicyclic amines) is 1. The van der Waals surface area contributed by atoms with Crippen molar-refractivity contribution in [2.75, 3.05) is 26.2 Å². The van der Waals surface area contributed by atoms with Crippen molar-refractivity contribution in [3.8, 4) is 17.2 Å². The molecule has 1 saturated heterocycles. The van der Waals surface area contributed by atoms with E-state index in [0.717, 1.165) is 35.3 Å². The Labute approximate surface area is 330 Å². The Kier molecular flexibility index (Phi) is 10.4. The number of aromatic hydroxyl groups is 2. The Hall–Kier alpha value is -5.51. The zero-order valence-corrected chi connectivity index (χ0v) is 31.6. The molecule has 57 heavy (non-hydrogen) atoms. The molecule has 9 N–H and O–H groups in total. The van der Waals surface area contributed by atoms with Gasteiger partial charge in [0.05, 0.1) is 35.9 Å². The molecular formula is C42H49N7O8. The average Bonchev–Trinajstić information content (AvgIpc) is 3.95. The molecule has 0 unspecified atom stereocenters. The second kappa shape index (κ2) is 15.4. The van der Waals surface area contributed by atoms with Crippen molar-refractivity contribution in [3.63, 3.8) is 0 Å². The van der Waals surface area contributed by atoms with Crippen molar-refractivity contribution >= 4 is 29.3 Å². The second-order valence-electron chi connectivity index (χ2n) is 16.1. The summed E-state index contributed by atoms with van der Waals surface area (Å²) in [5, 5.41) is 45.4. The number of aliphatic hydroxyl groups is 1. The van der Waals surface area contributed by atoms with Crippen molar-refractivity contribution < 1.29 is 39.2 Å². The van der Waals surface area contributed by atoms with E-state index in [0.29, 0.717) is 43.1 Å². The number of phenolic OH excluding ortho intramolecular Hbond substituents is 2. The summed E-state index contributed by atoms with van der Waals surface area (Å²) in [6.45, 7) is 0.864. The summed E-state index contributed by atoms with van der Waals surface area (Å²) in [6, 6.07) is 16.9. The van der Waals surface area contributed by atoms with E-state index in [4.69, 9.17) is 10.5 Å². The minimum atomic E-state index is -1.11. The van der Waals surface area contributed by atoms with Crippen LogP contribution in [0.2, 0.25) is 0 Å². The molecule has 8 rings (SSSR count). The van der Waals surface area contributed by atoms with Gasteiger partial charge in [-0.25, -0.2) is 5.43 Å².